The van der Waals surface area contributed by atoms with Crippen LogP contribution in [0.4, 0.5) is 4.79 Å². The highest BCUT2D eigenvalue weighted by Crippen LogP contribution is 2.35. The van der Waals surface area contributed by atoms with Gasteiger partial charge in [0.1, 0.15) is 23.0 Å². The minimum Gasteiger partial charge on any atom is -0.444 e. The van der Waals surface area contributed by atoms with Gasteiger partial charge in [-0.15, -0.1) is 0 Å². The fourth-order valence-electron chi connectivity index (χ4n) is 4.02. The average molecular weight is 444 g/mol. The number of benzene rings is 1. The van der Waals surface area contributed by atoms with E-state index in [1.807, 2.05) is 20.8 Å². The predicted molar refractivity (Wildman–Crippen MR) is 122 cm³/mol. The molecular weight excluding hydrogens is 410 g/mol. The summed E-state index contributed by atoms with van der Waals surface area (Å²) in [5, 5.41) is 3.33. The summed E-state index contributed by atoms with van der Waals surface area (Å²) in [6, 6.07) is 2.68. The van der Waals surface area contributed by atoms with Gasteiger partial charge in [-0.2, -0.15) is 0 Å². The van der Waals surface area contributed by atoms with Crippen molar-refractivity contribution in [3.05, 3.63) is 39.2 Å². The molecule has 1 heterocycles. The lowest BCUT2D eigenvalue weighted by Gasteiger charge is -2.26. The Morgan fingerprint density at radius 3 is 2.44 bits per heavy atom. The molecule has 1 aromatic carbocycles. The van der Waals surface area contributed by atoms with E-state index in [1.165, 1.54) is 0 Å². The lowest BCUT2D eigenvalue weighted by Crippen LogP contribution is -2.48. The summed E-state index contributed by atoms with van der Waals surface area (Å²) < 4.78 is 16.8. The second kappa shape index (κ2) is 9.35. The van der Waals surface area contributed by atoms with E-state index < -0.39 is 23.7 Å². The minimum atomic E-state index is -0.878. The van der Waals surface area contributed by atoms with Gasteiger partial charge in [-0.1, -0.05) is 20.3 Å². The third kappa shape index (κ3) is 5.31. The predicted octanol–water partition coefficient (Wildman–Crippen LogP) is 4.83. The summed E-state index contributed by atoms with van der Waals surface area (Å²) in [6.07, 6.45) is 3.27. The molecule has 174 valence electrons. The lowest BCUT2D eigenvalue weighted by atomic mass is 9.90. The van der Waals surface area contributed by atoms with Gasteiger partial charge >= 0.3 is 17.7 Å². The number of nitrogens with one attached hydrogen (secondary N) is 1. The van der Waals surface area contributed by atoms with E-state index >= 15 is 0 Å². The van der Waals surface area contributed by atoms with Crippen molar-refractivity contribution in [2.75, 3.05) is 0 Å². The Morgan fingerprint density at radius 1 is 1.16 bits per heavy atom. The summed E-state index contributed by atoms with van der Waals surface area (Å²) in [5.74, 6) is -0.392. The number of hydrogen-bond acceptors (Lipinski definition) is 6. The van der Waals surface area contributed by atoms with Gasteiger partial charge in [0.05, 0.1) is 5.39 Å². The van der Waals surface area contributed by atoms with Crippen molar-refractivity contribution in [1.29, 1.82) is 0 Å². The molecule has 1 amide bonds. The van der Waals surface area contributed by atoms with E-state index in [2.05, 4.69) is 5.32 Å². The van der Waals surface area contributed by atoms with Crippen molar-refractivity contribution in [2.45, 2.75) is 85.3 Å². The van der Waals surface area contributed by atoms with Crippen molar-refractivity contribution >= 4 is 23.0 Å². The van der Waals surface area contributed by atoms with E-state index in [0.29, 0.717) is 35.1 Å². The number of carbonyl (C=O) groups is 2. The summed E-state index contributed by atoms with van der Waals surface area (Å²) in [6.45, 7) is 10.9. The normalized spacial score (nSPS) is 15.6. The number of carbonyl (C=O) groups excluding carboxylic acids is 2. The first-order valence-electron chi connectivity index (χ1n) is 11.3. The average Bonchev–Trinajstić information content (AvgIpc) is 2.69. The zero-order valence-corrected chi connectivity index (χ0v) is 19.8. The van der Waals surface area contributed by atoms with Crippen LogP contribution in [0.1, 0.15) is 70.6 Å². The van der Waals surface area contributed by atoms with Gasteiger partial charge < -0.3 is 19.2 Å². The monoisotopic (exact) mass is 443 g/mol. The number of rotatable bonds is 5. The maximum atomic E-state index is 13.2. The third-order valence-electron chi connectivity index (χ3n) is 5.78. The number of hydrogen-bond donors (Lipinski definition) is 1. The molecule has 0 saturated carbocycles. The van der Waals surface area contributed by atoms with Crippen LogP contribution in [0.25, 0.3) is 11.0 Å². The minimum absolute atomic E-state index is 0.169. The molecule has 0 spiro atoms. The zero-order chi connectivity index (χ0) is 23.6. The Bertz CT molecular complexity index is 1080. The van der Waals surface area contributed by atoms with Crippen LogP contribution in [0.15, 0.2) is 21.3 Å². The largest absolute Gasteiger partial charge is 0.444 e. The quantitative estimate of drug-likeness (QED) is 0.404. The molecule has 0 aliphatic heterocycles. The van der Waals surface area contributed by atoms with E-state index in [-0.39, 0.29) is 11.5 Å². The van der Waals surface area contributed by atoms with Gasteiger partial charge in [-0.3, -0.25) is 0 Å². The standard InChI is InChI=1S/C25H33NO6/c1-7-15(3)21(26-24(29)32-25(4,5)6)23(28)31-19-13-14(2)12-18-20(19)16-10-8-9-11-17(16)22(27)30-18/h12-13,15,21H,7-11H2,1-6H3,(H,26,29). The number of esters is 1. The van der Waals surface area contributed by atoms with Crippen LogP contribution < -0.4 is 15.7 Å². The highest BCUT2D eigenvalue weighted by Gasteiger charge is 2.31. The first-order chi connectivity index (χ1) is 15.0. The SMILES string of the molecule is CCC(C)C(NC(=O)OC(C)(C)C)C(=O)Oc1cc(C)cc2oc(=O)c3c(c12)CCCC3. The molecule has 7 heteroatoms. The highest BCUT2D eigenvalue weighted by atomic mass is 16.6. The van der Waals surface area contributed by atoms with Crippen molar-refractivity contribution in [1.82, 2.24) is 5.32 Å². The van der Waals surface area contributed by atoms with Gasteiger partial charge in [0, 0.05) is 5.56 Å². The number of aryl methyl sites for hydroxylation is 2. The second-order valence-corrected chi connectivity index (χ2v) is 9.62. The number of alkyl carbamates (subject to hydrolysis) is 1. The topological polar surface area (TPSA) is 94.8 Å². The molecule has 1 N–H and O–H groups in total. The van der Waals surface area contributed by atoms with E-state index in [9.17, 15) is 14.4 Å². The first-order valence-corrected chi connectivity index (χ1v) is 11.3. The first kappa shape index (κ1) is 23.8. The van der Waals surface area contributed by atoms with E-state index in [1.54, 1.807) is 32.9 Å². The molecular formula is C25H33NO6. The smallest absolute Gasteiger partial charge is 0.408 e. The van der Waals surface area contributed by atoms with Crippen LogP contribution in [0.3, 0.4) is 0 Å². The summed E-state index contributed by atoms with van der Waals surface area (Å²) in [7, 11) is 0. The van der Waals surface area contributed by atoms with Crippen LogP contribution in [0, 0.1) is 12.8 Å². The Kier molecular flexibility index (Phi) is 6.96. The van der Waals surface area contributed by atoms with Gasteiger partial charge in [0.25, 0.3) is 0 Å². The molecule has 1 aliphatic carbocycles. The number of ether oxygens (including phenoxy) is 2. The van der Waals surface area contributed by atoms with E-state index in [0.717, 1.165) is 30.4 Å². The van der Waals surface area contributed by atoms with Crippen molar-refractivity contribution in [2.24, 2.45) is 5.92 Å². The Hall–Kier alpha value is -2.83. The lowest BCUT2D eigenvalue weighted by molar-refractivity contribution is -0.138. The van der Waals surface area contributed by atoms with Gasteiger partial charge in [-0.25, -0.2) is 14.4 Å². The van der Waals surface area contributed by atoms with Crippen molar-refractivity contribution < 1.29 is 23.5 Å². The van der Waals surface area contributed by atoms with Gasteiger partial charge in [0.15, 0.2) is 0 Å². The second-order valence-electron chi connectivity index (χ2n) is 9.62. The molecule has 1 aliphatic rings. The van der Waals surface area contributed by atoms with Crippen LogP contribution in [-0.2, 0) is 22.4 Å². The number of fused-ring (bicyclic) bond motifs is 3. The van der Waals surface area contributed by atoms with E-state index in [4.69, 9.17) is 13.9 Å². The summed E-state index contributed by atoms with van der Waals surface area (Å²) in [4.78, 5) is 38.0. The molecule has 0 radical (unpaired) electrons. The molecule has 0 saturated heterocycles. The number of amides is 1. The molecule has 2 unspecified atom stereocenters. The van der Waals surface area contributed by atoms with Crippen LogP contribution in [-0.4, -0.2) is 23.7 Å². The molecule has 0 bridgehead atoms. The molecule has 2 aromatic rings. The molecule has 7 nitrogen and oxygen atoms in total. The Labute approximate surface area is 188 Å². The highest BCUT2D eigenvalue weighted by molar-refractivity contribution is 5.92. The molecule has 32 heavy (non-hydrogen) atoms. The molecule has 1 aromatic heterocycles. The van der Waals surface area contributed by atoms with Crippen LogP contribution >= 0.6 is 0 Å². The van der Waals surface area contributed by atoms with Gasteiger partial charge in [0.2, 0.25) is 0 Å². The maximum absolute atomic E-state index is 13.2. The van der Waals surface area contributed by atoms with Gasteiger partial charge in [-0.05, 0) is 82.6 Å². The molecule has 3 rings (SSSR count). The summed E-state index contributed by atoms with van der Waals surface area (Å²) in [5.41, 5.74) is 1.77. The van der Waals surface area contributed by atoms with Crippen LogP contribution in [0.2, 0.25) is 0 Å². The zero-order valence-electron chi connectivity index (χ0n) is 19.8. The fourth-order valence-corrected chi connectivity index (χ4v) is 4.02. The maximum Gasteiger partial charge on any atom is 0.408 e. The van der Waals surface area contributed by atoms with Crippen molar-refractivity contribution in [3.63, 3.8) is 0 Å². The fraction of sp³-hybridized carbons (Fsp3) is 0.560. The third-order valence-corrected chi connectivity index (χ3v) is 5.78. The van der Waals surface area contributed by atoms with Crippen molar-refractivity contribution in [3.8, 4) is 5.75 Å². The Morgan fingerprint density at radius 2 is 1.81 bits per heavy atom. The summed E-state index contributed by atoms with van der Waals surface area (Å²) >= 11 is 0. The molecule has 0 fully saturated rings. The molecule has 2 atom stereocenters. The van der Waals surface area contributed by atoms with Crippen LogP contribution in [0.5, 0.6) is 5.75 Å². The Balaban J connectivity index is 1.98.